The fourth-order valence-corrected chi connectivity index (χ4v) is 3.32. The maximum atomic E-state index is 13.8. The van der Waals surface area contributed by atoms with Crippen LogP contribution in [0.3, 0.4) is 0 Å². The van der Waals surface area contributed by atoms with E-state index in [2.05, 4.69) is 0 Å². The third-order valence-electron chi connectivity index (χ3n) is 4.30. The van der Waals surface area contributed by atoms with Gasteiger partial charge in [-0.2, -0.15) is 0 Å². The smallest absolute Gasteiger partial charge is 0.303 e. The number of halogens is 2. The molecule has 0 saturated carbocycles. The van der Waals surface area contributed by atoms with Crippen LogP contribution >= 0.6 is 0 Å². The minimum absolute atomic E-state index is 0.0290. The average Bonchev–Trinajstić information content (AvgIpc) is 2.87. The van der Waals surface area contributed by atoms with Crippen molar-refractivity contribution in [2.24, 2.45) is 0 Å². The van der Waals surface area contributed by atoms with Crippen LogP contribution in [0.15, 0.2) is 42.5 Å². The van der Waals surface area contributed by atoms with E-state index in [0.29, 0.717) is 11.8 Å². The molecule has 0 aliphatic heterocycles. The largest absolute Gasteiger partial charge is 0.481 e. The molecule has 25 heavy (non-hydrogen) atoms. The summed E-state index contributed by atoms with van der Waals surface area (Å²) in [5, 5.41) is 9.77. The van der Waals surface area contributed by atoms with E-state index in [4.69, 9.17) is 5.11 Å². The zero-order valence-corrected chi connectivity index (χ0v) is 14.1. The van der Waals surface area contributed by atoms with Crippen molar-refractivity contribution in [1.29, 1.82) is 0 Å². The van der Waals surface area contributed by atoms with Gasteiger partial charge in [0, 0.05) is 23.2 Å². The Bertz CT molecular complexity index is 927. The molecule has 0 fully saturated rings. The highest BCUT2D eigenvalue weighted by molar-refractivity contribution is 5.88. The molecule has 3 rings (SSSR count). The first-order valence-electron chi connectivity index (χ1n) is 8.19. The Morgan fingerprint density at radius 1 is 1.08 bits per heavy atom. The summed E-state index contributed by atoms with van der Waals surface area (Å²) in [6, 6.07) is 10.6. The average molecular weight is 343 g/mol. The Morgan fingerprint density at radius 3 is 2.32 bits per heavy atom. The molecule has 1 N–H and O–H groups in total. The van der Waals surface area contributed by atoms with Gasteiger partial charge in [-0.25, -0.2) is 8.78 Å². The lowest BCUT2D eigenvalue weighted by Gasteiger charge is -2.15. The summed E-state index contributed by atoms with van der Waals surface area (Å²) in [4.78, 5) is 11.0. The summed E-state index contributed by atoms with van der Waals surface area (Å²) in [7, 11) is 0. The van der Waals surface area contributed by atoms with Gasteiger partial charge in [-0.3, -0.25) is 4.79 Å². The van der Waals surface area contributed by atoms with Gasteiger partial charge in [0.1, 0.15) is 11.6 Å². The first kappa shape index (κ1) is 17.1. The molecular formula is C20H19F2NO2. The number of aryl methyl sites for hydroxylation is 1. The Labute approximate surface area is 144 Å². The molecule has 3 aromatic rings. The van der Waals surface area contributed by atoms with E-state index in [1.807, 2.05) is 18.4 Å². The van der Waals surface area contributed by atoms with Crippen LogP contribution in [0.5, 0.6) is 0 Å². The minimum Gasteiger partial charge on any atom is -0.481 e. The van der Waals surface area contributed by atoms with Gasteiger partial charge in [-0.05, 0) is 60.4 Å². The molecule has 5 heteroatoms. The molecule has 0 saturated heterocycles. The van der Waals surface area contributed by atoms with Crippen molar-refractivity contribution in [3.63, 3.8) is 0 Å². The van der Waals surface area contributed by atoms with Crippen molar-refractivity contribution in [2.75, 3.05) is 0 Å². The molecular weight excluding hydrogens is 324 g/mol. The summed E-state index contributed by atoms with van der Waals surface area (Å²) in [5.41, 5.74) is 3.31. The predicted octanol–water partition coefficient (Wildman–Crippen LogP) is 5.05. The maximum Gasteiger partial charge on any atom is 0.303 e. The van der Waals surface area contributed by atoms with Crippen molar-refractivity contribution in [3.8, 4) is 5.69 Å². The molecule has 0 spiro atoms. The van der Waals surface area contributed by atoms with Crippen molar-refractivity contribution in [3.05, 3.63) is 65.4 Å². The molecule has 0 amide bonds. The van der Waals surface area contributed by atoms with Gasteiger partial charge >= 0.3 is 5.97 Å². The number of fused-ring (bicyclic) bond motifs is 1. The fraction of sp³-hybridized carbons (Fsp3) is 0.250. The van der Waals surface area contributed by atoms with Gasteiger partial charge in [0.25, 0.3) is 0 Å². The fourth-order valence-electron chi connectivity index (χ4n) is 3.32. The lowest BCUT2D eigenvalue weighted by atomic mass is 9.99. The van der Waals surface area contributed by atoms with E-state index in [1.165, 1.54) is 24.3 Å². The Balaban J connectivity index is 2.32. The lowest BCUT2D eigenvalue weighted by molar-refractivity contribution is -0.136. The molecule has 3 nitrogen and oxygen atoms in total. The number of aromatic nitrogens is 1. The zero-order valence-electron chi connectivity index (χ0n) is 14.1. The molecule has 0 bridgehead atoms. The van der Waals surface area contributed by atoms with E-state index in [1.54, 1.807) is 18.2 Å². The highest BCUT2D eigenvalue weighted by Crippen LogP contribution is 2.35. The van der Waals surface area contributed by atoms with E-state index >= 15 is 0 Å². The van der Waals surface area contributed by atoms with Crippen LogP contribution in [0.25, 0.3) is 16.6 Å². The summed E-state index contributed by atoms with van der Waals surface area (Å²) in [6.45, 7) is 4.02. The number of hydrogen-bond donors (Lipinski definition) is 1. The van der Waals surface area contributed by atoms with Gasteiger partial charge in [-0.15, -0.1) is 0 Å². The summed E-state index contributed by atoms with van der Waals surface area (Å²) < 4.78 is 29.1. The zero-order chi connectivity index (χ0) is 18.1. The van der Waals surface area contributed by atoms with Gasteiger partial charge in [-0.1, -0.05) is 13.8 Å². The number of carboxylic acid groups (broad SMARTS) is 1. The molecule has 0 unspecified atom stereocenters. The second-order valence-corrected chi connectivity index (χ2v) is 6.39. The molecule has 130 valence electrons. The lowest BCUT2D eigenvalue weighted by Crippen LogP contribution is -2.06. The van der Waals surface area contributed by atoms with Crippen LogP contribution in [-0.2, 0) is 11.2 Å². The normalized spacial score (nSPS) is 11.4. The molecule has 1 aromatic heterocycles. The summed E-state index contributed by atoms with van der Waals surface area (Å²) in [5.74, 6) is -1.50. The third-order valence-corrected chi connectivity index (χ3v) is 4.30. The Hall–Kier alpha value is -2.69. The van der Waals surface area contributed by atoms with Crippen molar-refractivity contribution in [2.45, 2.75) is 32.6 Å². The number of benzene rings is 2. The first-order chi connectivity index (χ1) is 11.9. The topological polar surface area (TPSA) is 42.2 Å². The Kier molecular flexibility index (Phi) is 4.57. The predicted molar refractivity (Wildman–Crippen MR) is 93.2 cm³/mol. The molecule has 0 atom stereocenters. The standard InChI is InChI=1S/C20H19F2NO2/c1-12(2)20-16(8-10-19(24)25)17-11-14(22)5-9-18(17)23(20)15-6-3-13(21)4-7-15/h3-7,9,11-12H,8,10H2,1-2H3,(H,24,25). The minimum atomic E-state index is -0.895. The van der Waals surface area contributed by atoms with E-state index in [-0.39, 0.29) is 24.0 Å². The number of rotatable bonds is 5. The number of carboxylic acids is 1. The van der Waals surface area contributed by atoms with Gasteiger partial charge in [0.05, 0.1) is 5.52 Å². The van der Waals surface area contributed by atoms with Crippen LogP contribution in [0.4, 0.5) is 8.78 Å². The number of nitrogens with zero attached hydrogens (tertiary/aromatic N) is 1. The SMILES string of the molecule is CC(C)c1c(CCC(=O)O)c2cc(F)ccc2n1-c1ccc(F)cc1. The van der Waals surface area contributed by atoms with Crippen molar-refractivity contribution >= 4 is 16.9 Å². The number of carbonyl (C=O) groups is 1. The van der Waals surface area contributed by atoms with Crippen LogP contribution in [0.2, 0.25) is 0 Å². The van der Waals surface area contributed by atoms with Gasteiger partial charge < -0.3 is 9.67 Å². The van der Waals surface area contributed by atoms with E-state index in [9.17, 15) is 13.6 Å². The van der Waals surface area contributed by atoms with Gasteiger partial charge in [0.2, 0.25) is 0 Å². The molecule has 1 heterocycles. The monoisotopic (exact) mass is 343 g/mol. The number of aliphatic carboxylic acids is 1. The Morgan fingerprint density at radius 2 is 1.72 bits per heavy atom. The van der Waals surface area contributed by atoms with Crippen LogP contribution in [0.1, 0.15) is 37.4 Å². The maximum absolute atomic E-state index is 13.8. The summed E-state index contributed by atoms with van der Waals surface area (Å²) >= 11 is 0. The summed E-state index contributed by atoms with van der Waals surface area (Å²) in [6.07, 6.45) is 0.287. The third kappa shape index (κ3) is 3.27. The van der Waals surface area contributed by atoms with Gasteiger partial charge in [0.15, 0.2) is 0 Å². The van der Waals surface area contributed by atoms with Crippen molar-refractivity contribution < 1.29 is 18.7 Å². The number of hydrogen-bond acceptors (Lipinski definition) is 1. The second-order valence-electron chi connectivity index (χ2n) is 6.39. The molecule has 0 aliphatic carbocycles. The highest BCUT2D eigenvalue weighted by Gasteiger charge is 2.21. The molecule has 0 aliphatic rings. The second kappa shape index (κ2) is 6.67. The molecule has 0 radical (unpaired) electrons. The van der Waals surface area contributed by atoms with Crippen LogP contribution in [-0.4, -0.2) is 15.6 Å². The van der Waals surface area contributed by atoms with Crippen molar-refractivity contribution in [1.82, 2.24) is 4.57 Å². The first-order valence-corrected chi connectivity index (χ1v) is 8.19. The van der Waals surface area contributed by atoms with Crippen LogP contribution in [0, 0.1) is 11.6 Å². The van der Waals surface area contributed by atoms with E-state index in [0.717, 1.165) is 22.5 Å². The van der Waals surface area contributed by atoms with E-state index < -0.39 is 5.97 Å². The highest BCUT2D eigenvalue weighted by atomic mass is 19.1. The van der Waals surface area contributed by atoms with Crippen LogP contribution < -0.4 is 0 Å². The quantitative estimate of drug-likeness (QED) is 0.704. The molecule has 2 aromatic carbocycles.